The fourth-order valence-corrected chi connectivity index (χ4v) is 4.23. The summed E-state index contributed by atoms with van der Waals surface area (Å²) in [4.78, 5) is 13.6. The van der Waals surface area contributed by atoms with Gasteiger partial charge in [0.2, 0.25) is 10.0 Å². The molecule has 1 amide bonds. The molecule has 0 aliphatic carbocycles. The number of ether oxygens (including phenoxy) is 1. The van der Waals surface area contributed by atoms with E-state index in [-0.39, 0.29) is 23.5 Å². The van der Waals surface area contributed by atoms with Gasteiger partial charge in [-0.15, -0.1) is 11.8 Å². The fourth-order valence-electron chi connectivity index (χ4n) is 2.75. The van der Waals surface area contributed by atoms with Crippen LogP contribution in [0.5, 0.6) is 0 Å². The number of benzene rings is 2. The predicted octanol–water partition coefficient (Wildman–Crippen LogP) is 3.12. The predicted molar refractivity (Wildman–Crippen MR) is 107 cm³/mol. The van der Waals surface area contributed by atoms with E-state index in [0.29, 0.717) is 17.9 Å². The van der Waals surface area contributed by atoms with E-state index in [1.165, 1.54) is 24.3 Å². The molecule has 0 radical (unpaired) electrons. The van der Waals surface area contributed by atoms with E-state index in [4.69, 9.17) is 4.74 Å². The zero-order valence-corrected chi connectivity index (χ0v) is 16.6. The Morgan fingerprint density at radius 1 is 1.15 bits per heavy atom. The maximum absolute atomic E-state index is 12.4. The van der Waals surface area contributed by atoms with Crippen molar-refractivity contribution in [2.75, 3.05) is 24.7 Å². The van der Waals surface area contributed by atoms with Gasteiger partial charge >= 0.3 is 0 Å². The molecule has 1 aliphatic heterocycles. The average molecular weight is 407 g/mol. The van der Waals surface area contributed by atoms with Crippen molar-refractivity contribution in [2.45, 2.75) is 28.7 Å². The summed E-state index contributed by atoms with van der Waals surface area (Å²) >= 11 is 1.63. The number of carbonyl (C=O) groups excluding carboxylic acids is 1. The largest absolute Gasteiger partial charge is 0.377 e. The molecule has 144 valence electrons. The number of hydrogen-bond donors (Lipinski definition) is 2. The molecular formula is C19H22N2O4S2. The van der Waals surface area contributed by atoms with E-state index in [9.17, 15) is 13.2 Å². The molecule has 1 saturated heterocycles. The Morgan fingerprint density at radius 3 is 2.44 bits per heavy atom. The van der Waals surface area contributed by atoms with Gasteiger partial charge in [0.25, 0.3) is 5.91 Å². The molecule has 0 aromatic heterocycles. The summed E-state index contributed by atoms with van der Waals surface area (Å²) in [5.74, 6) is -0.289. The van der Waals surface area contributed by atoms with Crippen molar-refractivity contribution < 1.29 is 17.9 Å². The molecule has 1 heterocycles. The van der Waals surface area contributed by atoms with Crippen LogP contribution in [0.1, 0.15) is 23.2 Å². The number of nitrogens with one attached hydrogen (secondary N) is 2. The lowest BCUT2D eigenvalue weighted by molar-refractivity contribution is 0.102. The Bertz CT molecular complexity index is 875. The molecule has 0 spiro atoms. The van der Waals surface area contributed by atoms with Crippen molar-refractivity contribution in [1.82, 2.24) is 4.72 Å². The monoisotopic (exact) mass is 406 g/mol. The lowest BCUT2D eigenvalue weighted by Crippen LogP contribution is -2.31. The Morgan fingerprint density at radius 2 is 1.85 bits per heavy atom. The molecule has 1 aliphatic rings. The first-order valence-corrected chi connectivity index (χ1v) is 11.4. The lowest BCUT2D eigenvalue weighted by Gasteiger charge is -2.12. The summed E-state index contributed by atoms with van der Waals surface area (Å²) in [7, 11) is -3.62. The third kappa shape index (κ3) is 5.32. The second kappa shape index (κ2) is 8.88. The Hall–Kier alpha value is -1.87. The SMILES string of the molecule is CSc1ccc(NC(=O)c2ccc(S(=O)(=O)NC[C@H]3CCCO3)cc2)cc1. The van der Waals surface area contributed by atoms with Crippen molar-refractivity contribution in [3.63, 3.8) is 0 Å². The topological polar surface area (TPSA) is 84.5 Å². The van der Waals surface area contributed by atoms with Gasteiger partial charge < -0.3 is 10.1 Å². The zero-order chi connectivity index (χ0) is 19.3. The summed E-state index contributed by atoms with van der Waals surface area (Å²) in [6.45, 7) is 0.937. The van der Waals surface area contributed by atoms with Crippen LogP contribution in [0.3, 0.4) is 0 Å². The Balaban J connectivity index is 1.61. The standard InChI is InChI=1S/C19H22N2O4S2/c1-26-17-8-6-15(7-9-17)21-19(22)14-4-10-18(11-5-14)27(23,24)20-13-16-3-2-12-25-16/h4-11,16,20H,2-3,12-13H2,1H3,(H,21,22)/t16-/m1/s1. The van der Waals surface area contributed by atoms with E-state index in [0.717, 1.165) is 17.7 Å². The van der Waals surface area contributed by atoms with Gasteiger partial charge in [-0.3, -0.25) is 4.79 Å². The van der Waals surface area contributed by atoms with Gasteiger partial charge in [-0.05, 0) is 67.6 Å². The molecule has 1 atom stereocenters. The highest BCUT2D eigenvalue weighted by atomic mass is 32.2. The Labute approximate surface area is 163 Å². The number of rotatable bonds is 7. The third-order valence-electron chi connectivity index (χ3n) is 4.30. The van der Waals surface area contributed by atoms with Crippen LogP contribution in [0.4, 0.5) is 5.69 Å². The highest BCUT2D eigenvalue weighted by molar-refractivity contribution is 7.98. The van der Waals surface area contributed by atoms with E-state index < -0.39 is 10.0 Å². The molecule has 0 saturated carbocycles. The molecule has 1 fully saturated rings. The van der Waals surface area contributed by atoms with Gasteiger partial charge in [0.1, 0.15) is 0 Å². The van der Waals surface area contributed by atoms with Crippen LogP contribution in [0.15, 0.2) is 58.3 Å². The van der Waals surface area contributed by atoms with E-state index in [2.05, 4.69) is 10.0 Å². The van der Waals surface area contributed by atoms with Crippen molar-refractivity contribution in [3.8, 4) is 0 Å². The molecule has 2 aromatic carbocycles. The molecule has 8 heteroatoms. The average Bonchev–Trinajstić information content (AvgIpc) is 3.21. The van der Waals surface area contributed by atoms with Gasteiger partial charge in [-0.2, -0.15) is 0 Å². The summed E-state index contributed by atoms with van der Waals surface area (Å²) in [5.41, 5.74) is 1.08. The Kier molecular flexibility index (Phi) is 6.54. The molecule has 27 heavy (non-hydrogen) atoms. The second-order valence-electron chi connectivity index (χ2n) is 6.19. The van der Waals surface area contributed by atoms with Gasteiger partial charge in [0.05, 0.1) is 11.0 Å². The third-order valence-corrected chi connectivity index (χ3v) is 6.48. The van der Waals surface area contributed by atoms with Crippen molar-refractivity contribution >= 4 is 33.4 Å². The number of thioether (sulfide) groups is 1. The van der Waals surface area contributed by atoms with Crippen LogP contribution in [-0.4, -0.2) is 39.8 Å². The van der Waals surface area contributed by atoms with Crippen molar-refractivity contribution in [2.24, 2.45) is 0 Å². The van der Waals surface area contributed by atoms with Crippen molar-refractivity contribution in [3.05, 3.63) is 54.1 Å². The number of hydrogen-bond acceptors (Lipinski definition) is 5. The molecule has 3 rings (SSSR count). The van der Waals surface area contributed by atoms with Gasteiger partial charge in [0, 0.05) is 29.3 Å². The maximum atomic E-state index is 12.4. The van der Waals surface area contributed by atoms with Crippen LogP contribution in [0.25, 0.3) is 0 Å². The van der Waals surface area contributed by atoms with Crippen LogP contribution in [-0.2, 0) is 14.8 Å². The highest BCUT2D eigenvalue weighted by Crippen LogP contribution is 2.19. The zero-order valence-electron chi connectivity index (χ0n) is 15.0. The first kappa shape index (κ1) is 19.9. The molecule has 0 unspecified atom stereocenters. The first-order chi connectivity index (χ1) is 13.0. The number of sulfonamides is 1. The summed E-state index contributed by atoms with van der Waals surface area (Å²) in [5, 5.41) is 2.80. The van der Waals surface area contributed by atoms with Crippen LogP contribution in [0, 0.1) is 0 Å². The van der Waals surface area contributed by atoms with E-state index in [1.807, 2.05) is 30.5 Å². The second-order valence-corrected chi connectivity index (χ2v) is 8.84. The molecule has 0 bridgehead atoms. The van der Waals surface area contributed by atoms with E-state index in [1.54, 1.807) is 11.8 Å². The molecule has 2 aromatic rings. The van der Waals surface area contributed by atoms with Crippen LogP contribution in [0.2, 0.25) is 0 Å². The maximum Gasteiger partial charge on any atom is 0.255 e. The molecular weight excluding hydrogens is 384 g/mol. The number of amides is 1. The molecule has 2 N–H and O–H groups in total. The quantitative estimate of drug-likeness (QED) is 0.690. The smallest absolute Gasteiger partial charge is 0.255 e. The lowest BCUT2D eigenvalue weighted by atomic mass is 10.2. The van der Waals surface area contributed by atoms with Gasteiger partial charge in [-0.25, -0.2) is 13.1 Å². The summed E-state index contributed by atoms with van der Waals surface area (Å²) in [6, 6.07) is 13.4. The van der Waals surface area contributed by atoms with Gasteiger partial charge in [-0.1, -0.05) is 0 Å². The number of carbonyl (C=O) groups is 1. The summed E-state index contributed by atoms with van der Waals surface area (Å²) in [6.07, 6.45) is 3.73. The molecule has 6 nitrogen and oxygen atoms in total. The van der Waals surface area contributed by atoms with Crippen LogP contribution < -0.4 is 10.0 Å². The minimum atomic E-state index is -3.62. The first-order valence-electron chi connectivity index (χ1n) is 8.65. The highest BCUT2D eigenvalue weighted by Gasteiger charge is 2.20. The summed E-state index contributed by atoms with van der Waals surface area (Å²) < 4.78 is 32.7. The number of anilines is 1. The van der Waals surface area contributed by atoms with Gasteiger partial charge in [0.15, 0.2) is 0 Å². The normalized spacial score (nSPS) is 17.0. The fraction of sp³-hybridized carbons (Fsp3) is 0.316. The minimum Gasteiger partial charge on any atom is -0.377 e. The minimum absolute atomic E-state index is 0.0673. The van der Waals surface area contributed by atoms with E-state index >= 15 is 0 Å². The van der Waals surface area contributed by atoms with Crippen molar-refractivity contribution in [1.29, 1.82) is 0 Å². The van der Waals surface area contributed by atoms with Crippen LogP contribution >= 0.6 is 11.8 Å².